The van der Waals surface area contributed by atoms with Gasteiger partial charge in [0.15, 0.2) is 0 Å². The Bertz CT molecular complexity index is 434. The number of aryl methyl sites for hydroxylation is 1. The van der Waals surface area contributed by atoms with Crippen molar-refractivity contribution in [2.75, 3.05) is 13.2 Å². The van der Waals surface area contributed by atoms with Gasteiger partial charge in [0.25, 0.3) is 0 Å². The van der Waals surface area contributed by atoms with Gasteiger partial charge >= 0.3 is 6.03 Å². The summed E-state index contributed by atoms with van der Waals surface area (Å²) in [5, 5.41) is 5.42. The van der Waals surface area contributed by atoms with Gasteiger partial charge in [0, 0.05) is 6.54 Å². The van der Waals surface area contributed by atoms with E-state index in [1.807, 2.05) is 6.07 Å². The molecule has 0 aromatic heterocycles. The molecular formula is C14H19FN2O. The number of hydrogen-bond donors (Lipinski definition) is 2. The van der Waals surface area contributed by atoms with Gasteiger partial charge in [0.1, 0.15) is 6.67 Å². The van der Waals surface area contributed by atoms with Gasteiger partial charge in [-0.2, -0.15) is 0 Å². The van der Waals surface area contributed by atoms with Crippen LogP contribution in [0.5, 0.6) is 0 Å². The molecule has 0 aliphatic heterocycles. The number of urea groups is 1. The highest BCUT2D eigenvalue weighted by atomic mass is 19.1. The molecule has 3 nitrogen and oxygen atoms in total. The number of halogens is 1. The van der Waals surface area contributed by atoms with Gasteiger partial charge in [0.2, 0.25) is 0 Å². The van der Waals surface area contributed by atoms with Crippen LogP contribution >= 0.6 is 0 Å². The van der Waals surface area contributed by atoms with Crippen molar-refractivity contribution in [3.63, 3.8) is 0 Å². The fourth-order valence-electron chi connectivity index (χ4n) is 2.55. The molecule has 0 fully saturated rings. The third-order valence-corrected chi connectivity index (χ3v) is 3.43. The molecule has 2 N–H and O–H groups in total. The van der Waals surface area contributed by atoms with Crippen molar-refractivity contribution in [1.82, 2.24) is 10.6 Å². The van der Waals surface area contributed by atoms with E-state index >= 15 is 0 Å². The summed E-state index contributed by atoms with van der Waals surface area (Å²) in [4.78, 5) is 11.6. The quantitative estimate of drug-likeness (QED) is 0.850. The fraction of sp³-hybridized carbons (Fsp3) is 0.500. The number of hydrogen-bond acceptors (Lipinski definition) is 1. The van der Waals surface area contributed by atoms with Crippen molar-refractivity contribution in [2.45, 2.75) is 32.2 Å². The molecule has 0 saturated carbocycles. The Balaban J connectivity index is 2.08. The predicted octanol–water partition coefficient (Wildman–Crippen LogP) is 2.64. The minimum absolute atomic E-state index is 0.0493. The van der Waals surface area contributed by atoms with E-state index in [0.717, 1.165) is 19.3 Å². The first-order chi connectivity index (χ1) is 8.72. The number of nitrogens with one attached hydrogen (secondary N) is 2. The molecule has 1 aromatic rings. The Labute approximate surface area is 107 Å². The standard InChI is InChI=1S/C14H19FN2O/c1-10-4-2-6-12-11(10)5-3-7-13(12)17-14(18)16-9-8-15/h2,4,6,13H,3,5,7-9H2,1H3,(H2,16,17,18). The van der Waals surface area contributed by atoms with E-state index in [1.54, 1.807) is 0 Å². The monoisotopic (exact) mass is 250 g/mol. The third kappa shape index (κ3) is 2.81. The fourth-order valence-corrected chi connectivity index (χ4v) is 2.55. The van der Waals surface area contributed by atoms with Crippen LogP contribution in [0.15, 0.2) is 18.2 Å². The van der Waals surface area contributed by atoms with Gasteiger partial charge in [-0.05, 0) is 42.9 Å². The van der Waals surface area contributed by atoms with Crippen molar-refractivity contribution in [3.05, 3.63) is 34.9 Å². The molecule has 1 atom stereocenters. The van der Waals surface area contributed by atoms with Crippen LogP contribution in [0.2, 0.25) is 0 Å². The highest BCUT2D eigenvalue weighted by Gasteiger charge is 2.22. The first-order valence-electron chi connectivity index (χ1n) is 6.41. The second-order valence-electron chi connectivity index (χ2n) is 4.68. The molecule has 4 heteroatoms. The van der Waals surface area contributed by atoms with Gasteiger partial charge in [-0.25, -0.2) is 9.18 Å². The van der Waals surface area contributed by atoms with Crippen LogP contribution in [0.25, 0.3) is 0 Å². The predicted molar refractivity (Wildman–Crippen MR) is 69.4 cm³/mol. The Kier molecular flexibility index (Phi) is 4.18. The Hall–Kier alpha value is -1.58. The normalized spacial score (nSPS) is 18.0. The molecule has 1 aliphatic rings. The van der Waals surface area contributed by atoms with Gasteiger partial charge < -0.3 is 10.6 Å². The lowest BCUT2D eigenvalue weighted by Gasteiger charge is -2.27. The molecule has 2 amide bonds. The molecule has 0 heterocycles. The van der Waals surface area contributed by atoms with E-state index in [9.17, 15) is 9.18 Å². The molecule has 1 aliphatic carbocycles. The third-order valence-electron chi connectivity index (χ3n) is 3.43. The largest absolute Gasteiger partial charge is 0.336 e. The maximum absolute atomic E-state index is 12.0. The molecular weight excluding hydrogens is 231 g/mol. The average molecular weight is 250 g/mol. The zero-order valence-corrected chi connectivity index (χ0v) is 10.6. The number of rotatable bonds is 3. The van der Waals surface area contributed by atoms with Gasteiger partial charge in [-0.15, -0.1) is 0 Å². The molecule has 0 bridgehead atoms. The Morgan fingerprint density at radius 2 is 2.33 bits per heavy atom. The molecule has 18 heavy (non-hydrogen) atoms. The molecule has 2 rings (SSSR count). The van der Waals surface area contributed by atoms with Crippen LogP contribution in [0.1, 0.15) is 35.6 Å². The van der Waals surface area contributed by atoms with Crippen molar-refractivity contribution in [2.24, 2.45) is 0 Å². The first-order valence-corrected chi connectivity index (χ1v) is 6.41. The second kappa shape index (κ2) is 5.85. The van der Waals surface area contributed by atoms with Crippen molar-refractivity contribution < 1.29 is 9.18 Å². The number of benzene rings is 1. The first kappa shape index (κ1) is 12.9. The zero-order valence-electron chi connectivity index (χ0n) is 10.6. The average Bonchev–Trinajstić information content (AvgIpc) is 2.38. The number of carbonyl (C=O) groups excluding carboxylic acids is 1. The lowest BCUT2D eigenvalue weighted by atomic mass is 9.85. The summed E-state index contributed by atoms with van der Waals surface area (Å²) < 4.78 is 12.0. The van der Waals surface area contributed by atoms with Crippen molar-refractivity contribution in [3.8, 4) is 0 Å². The molecule has 1 unspecified atom stereocenters. The highest BCUT2D eigenvalue weighted by Crippen LogP contribution is 2.31. The second-order valence-corrected chi connectivity index (χ2v) is 4.68. The molecule has 0 spiro atoms. The van der Waals surface area contributed by atoms with Crippen LogP contribution in [-0.4, -0.2) is 19.3 Å². The SMILES string of the molecule is Cc1cccc2c1CCCC2NC(=O)NCCF. The van der Waals surface area contributed by atoms with E-state index < -0.39 is 6.67 Å². The van der Waals surface area contributed by atoms with Gasteiger partial charge in [-0.1, -0.05) is 18.2 Å². The summed E-state index contributed by atoms with van der Waals surface area (Å²) in [6.45, 7) is 1.64. The van der Waals surface area contributed by atoms with Crippen LogP contribution < -0.4 is 10.6 Å². The van der Waals surface area contributed by atoms with Gasteiger partial charge in [0.05, 0.1) is 6.04 Å². The summed E-state index contributed by atoms with van der Waals surface area (Å²) in [7, 11) is 0. The minimum atomic E-state index is -0.534. The molecule has 1 aromatic carbocycles. The lowest BCUT2D eigenvalue weighted by molar-refractivity contribution is 0.234. The van der Waals surface area contributed by atoms with Crippen LogP contribution in [0.3, 0.4) is 0 Å². The topological polar surface area (TPSA) is 41.1 Å². The summed E-state index contributed by atoms with van der Waals surface area (Å²) >= 11 is 0. The van der Waals surface area contributed by atoms with Crippen molar-refractivity contribution in [1.29, 1.82) is 0 Å². The van der Waals surface area contributed by atoms with Crippen LogP contribution in [0, 0.1) is 6.92 Å². The number of fused-ring (bicyclic) bond motifs is 1. The highest BCUT2D eigenvalue weighted by molar-refractivity contribution is 5.74. The minimum Gasteiger partial charge on any atom is -0.336 e. The van der Waals surface area contributed by atoms with E-state index in [4.69, 9.17) is 0 Å². The summed E-state index contributed by atoms with van der Waals surface area (Å²) in [6, 6.07) is 5.96. The molecule has 98 valence electrons. The Morgan fingerprint density at radius 1 is 1.50 bits per heavy atom. The van der Waals surface area contributed by atoms with E-state index in [-0.39, 0.29) is 18.6 Å². The number of alkyl halides is 1. The smallest absolute Gasteiger partial charge is 0.315 e. The lowest BCUT2D eigenvalue weighted by Crippen LogP contribution is -2.40. The van der Waals surface area contributed by atoms with Crippen LogP contribution in [0.4, 0.5) is 9.18 Å². The maximum atomic E-state index is 12.0. The Morgan fingerprint density at radius 3 is 3.11 bits per heavy atom. The summed E-state index contributed by atoms with van der Waals surface area (Å²) in [6.07, 6.45) is 3.09. The van der Waals surface area contributed by atoms with E-state index in [1.165, 1.54) is 16.7 Å². The molecule has 0 radical (unpaired) electrons. The van der Waals surface area contributed by atoms with E-state index in [2.05, 4.69) is 29.7 Å². The van der Waals surface area contributed by atoms with Gasteiger partial charge in [-0.3, -0.25) is 0 Å². The van der Waals surface area contributed by atoms with Crippen molar-refractivity contribution >= 4 is 6.03 Å². The van der Waals surface area contributed by atoms with E-state index in [0.29, 0.717) is 0 Å². The molecule has 0 saturated heterocycles. The van der Waals surface area contributed by atoms with Crippen LogP contribution in [-0.2, 0) is 6.42 Å². The summed E-state index contributed by atoms with van der Waals surface area (Å²) in [5.74, 6) is 0. The summed E-state index contributed by atoms with van der Waals surface area (Å²) in [5.41, 5.74) is 3.83. The zero-order chi connectivity index (χ0) is 13.0. The number of amides is 2. The maximum Gasteiger partial charge on any atom is 0.315 e. The number of carbonyl (C=O) groups is 1.